The summed E-state index contributed by atoms with van der Waals surface area (Å²) in [6, 6.07) is 2.58. The summed E-state index contributed by atoms with van der Waals surface area (Å²) in [5, 5.41) is 12.2. The van der Waals surface area contributed by atoms with E-state index < -0.39 is 0 Å². The molecule has 1 aliphatic rings. The van der Waals surface area contributed by atoms with Crippen LogP contribution in [0.4, 0.5) is 0 Å². The molecule has 4 nitrogen and oxygen atoms in total. The first-order chi connectivity index (χ1) is 7.45. The molecule has 0 aromatic rings. The fourth-order valence-electron chi connectivity index (χ4n) is 2.05. The SMILES string of the molecule is CN(C)CCN1CC(CC#N)NCC1(C)C. The van der Waals surface area contributed by atoms with Gasteiger partial charge in [-0.3, -0.25) is 4.90 Å². The largest absolute Gasteiger partial charge is 0.310 e. The summed E-state index contributed by atoms with van der Waals surface area (Å²) in [5.41, 5.74) is 0.196. The monoisotopic (exact) mass is 224 g/mol. The van der Waals surface area contributed by atoms with E-state index in [0.717, 1.165) is 26.2 Å². The molecule has 1 aliphatic heterocycles. The summed E-state index contributed by atoms with van der Waals surface area (Å²) < 4.78 is 0. The molecule has 0 aromatic carbocycles. The number of nitriles is 1. The Kier molecular flexibility index (Phi) is 4.72. The number of nitrogens with zero attached hydrogens (tertiary/aromatic N) is 3. The highest BCUT2D eigenvalue weighted by Gasteiger charge is 2.33. The van der Waals surface area contributed by atoms with Gasteiger partial charge in [-0.15, -0.1) is 0 Å². The molecule has 1 rings (SSSR count). The summed E-state index contributed by atoms with van der Waals surface area (Å²) in [6.07, 6.45) is 0.606. The third-order valence-electron chi connectivity index (χ3n) is 3.28. The Morgan fingerprint density at radius 1 is 1.50 bits per heavy atom. The van der Waals surface area contributed by atoms with Gasteiger partial charge in [0.25, 0.3) is 0 Å². The van der Waals surface area contributed by atoms with Crippen molar-refractivity contribution in [2.75, 3.05) is 40.3 Å². The van der Waals surface area contributed by atoms with Gasteiger partial charge in [0, 0.05) is 37.8 Å². The van der Waals surface area contributed by atoms with Crippen LogP contribution in [0.15, 0.2) is 0 Å². The molecule has 16 heavy (non-hydrogen) atoms. The Bertz CT molecular complexity index is 254. The van der Waals surface area contributed by atoms with Crippen LogP contribution in [0.2, 0.25) is 0 Å². The molecule has 0 amide bonds. The Hall–Kier alpha value is -0.630. The van der Waals surface area contributed by atoms with Crippen LogP contribution in [0.25, 0.3) is 0 Å². The maximum atomic E-state index is 8.74. The lowest BCUT2D eigenvalue weighted by atomic mass is 9.96. The van der Waals surface area contributed by atoms with Crippen LogP contribution in [0.3, 0.4) is 0 Å². The maximum absolute atomic E-state index is 8.74. The number of hydrogen-bond donors (Lipinski definition) is 1. The summed E-state index contributed by atoms with van der Waals surface area (Å²) >= 11 is 0. The molecule has 0 spiro atoms. The van der Waals surface area contributed by atoms with E-state index in [2.05, 4.69) is 49.1 Å². The average Bonchev–Trinajstić information content (AvgIpc) is 2.19. The smallest absolute Gasteiger partial charge is 0.0638 e. The number of piperazine rings is 1. The van der Waals surface area contributed by atoms with Gasteiger partial charge in [-0.25, -0.2) is 0 Å². The van der Waals surface area contributed by atoms with Crippen molar-refractivity contribution in [3.8, 4) is 6.07 Å². The molecule has 1 atom stereocenters. The minimum absolute atomic E-state index is 0.196. The summed E-state index contributed by atoms with van der Waals surface area (Å²) in [5.74, 6) is 0. The van der Waals surface area contributed by atoms with E-state index in [1.807, 2.05) is 0 Å². The molecule has 0 saturated carbocycles. The van der Waals surface area contributed by atoms with Crippen LogP contribution >= 0.6 is 0 Å². The zero-order valence-electron chi connectivity index (χ0n) is 11.0. The van der Waals surface area contributed by atoms with E-state index in [0.29, 0.717) is 12.5 Å². The van der Waals surface area contributed by atoms with E-state index in [1.54, 1.807) is 0 Å². The van der Waals surface area contributed by atoms with E-state index in [4.69, 9.17) is 5.26 Å². The third-order valence-corrected chi connectivity index (χ3v) is 3.28. The van der Waals surface area contributed by atoms with Gasteiger partial charge < -0.3 is 10.2 Å². The van der Waals surface area contributed by atoms with Gasteiger partial charge in [-0.2, -0.15) is 5.26 Å². The maximum Gasteiger partial charge on any atom is 0.0638 e. The Labute approximate surface area is 99.2 Å². The fourth-order valence-corrected chi connectivity index (χ4v) is 2.05. The summed E-state index contributed by atoms with van der Waals surface area (Å²) in [7, 11) is 4.20. The Morgan fingerprint density at radius 2 is 2.19 bits per heavy atom. The van der Waals surface area contributed by atoms with Gasteiger partial charge in [0.05, 0.1) is 12.5 Å². The Morgan fingerprint density at radius 3 is 2.75 bits per heavy atom. The third kappa shape index (κ3) is 3.75. The molecule has 1 fully saturated rings. The van der Waals surface area contributed by atoms with Crippen LogP contribution in [-0.2, 0) is 0 Å². The molecule has 1 saturated heterocycles. The second-order valence-electron chi connectivity index (χ2n) is 5.50. The first-order valence-electron chi connectivity index (χ1n) is 5.96. The van der Waals surface area contributed by atoms with E-state index in [9.17, 15) is 0 Å². The predicted molar refractivity (Wildman–Crippen MR) is 66.2 cm³/mol. The van der Waals surface area contributed by atoms with Gasteiger partial charge >= 0.3 is 0 Å². The molecule has 0 aromatic heterocycles. The van der Waals surface area contributed by atoms with Crippen LogP contribution in [-0.4, -0.2) is 61.7 Å². The number of hydrogen-bond acceptors (Lipinski definition) is 4. The first-order valence-corrected chi connectivity index (χ1v) is 5.96. The minimum Gasteiger partial charge on any atom is -0.310 e. The summed E-state index contributed by atoms with van der Waals surface area (Å²) in [4.78, 5) is 4.70. The minimum atomic E-state index is 0.196. The summed E-state index contributed by atoms with van der Waals surface area (Å²) in [6.45, 7) is 8.62. The number of rotatable bonds is 4. The molecule has 1 N–H and O–H groups in total. The molecule has 92 valence electrons. The molecule has 0 bridgehead atoms. The molecule has 0 radical (unpaired) electrons. The van der Waals surface area contributed by atoms with E-state index in [1.165, 1.54) is 0 Å². The quantitative estimate of drug-likeness (QED) is 0.756. The Balaban J connectivity index is 2.51. The van der Waals surface area contributed by atoms with Crippen molar-refractivity contribution in [1.29, 1.82) is 5.26 Å². The molecular weight excluding hydrogens is 200 g/mol. The van der Waals surface area contributed by atoms with Crippen molar-refractivity contribution in [2.45, 2.75) is 31.8 Å². The predicted octanol–water partition coefficient (Wildman–Crippen LogP) is 0.514. The van der Waals surface area contributed by atoms with Gasteiger partial charge in [-0.1, -0.05) is 0 Å². The first kappa shape index (κ1) is 13.4. The van der Waals surface area contributed by atoms with Crippen molar-refractivity contribution in [2.24, 2.45) is 0 Å². The standard InChI is InChI=1S/C12H24N4/c1-12(2)10-14-11(5-6-13)9-16(12)8-7-15(3)4/h11,14H,5,7-10H2,1-4H3. The fraction of sp³-hybridized carbons (Fsp3) is 0.917. The zero-order chi connectivity index (χ0) is 12.2. The lowest BCUT2D eigenvalue weighted by Crippen LogP contribution is -2.62. The van der Waals surface area contributed by atoms with Crippen LogP contribution < -0.4 is 5.32 Å². The molecular formula is C12H24N4. The highest BCUT2D eigenvalue weighted by atomic mass is 15.3. The lowest BCUT2D eigenvalue weighted by molar-refractivity contribution is 0.0610. The average molecular weight is 224 g/mol. The van der Waals surface area contributed by atoms with Crippen molar-refractivity contribution >= 4 is 0 Å². The van der Waals surface area contributed by atoms with Gasteiger partial charge in [-0.05, 0) is 27.9 Å². The van der Waals surface area contributed by atoms with Gasteiger partial charge in [0.2, 0.25) is 0 Å². The highest BCUT2D eigenvalue weighted by molar-refractivity contribution is 4.95. The lowest BCUT2D eigenvalue weighted by Gasteiger charge is -2.46. The van der Waals surface area contributed by atoms with Crippen LogP contribution in [0.5, 0.6) is 0 Å². The van der Waals surface area contributed by atoms with E-state index >= 15 is 0 Å². The van der Waals surface area contributed by atoms with Crippen LogP contribution in [0.1, 0.15) is 20.3 Å². The van der Waals surface area contributed by atoms with Gasteiger partial charge in [0.15, 0.2) is 0 Å². The van der Waals surface area contributed by atoms with Crippen molar-refractivity contribution < 1.29 is 0 Å². The van der Waals surface area contributed by atoms with Crippen LogP contribution in [0, 0.1) is 11.3 Å². The molecule has 4 heteroatoms. The van der Waals surface area contributed by atoms with E-state index in [-0.39, 0.29) is 5.54 Å². The second-order valence-corrected chi connectivity index (χ2v) is 5.50. The zero-order valence-corrected chi connectivity index (χ0v) is 11.0. The topological polar surface area (TPSA) is 42.3 Å². The number of likely N-dealkylation sites (N-methyl/N-ethyl adjacent to an activating group) is 1. The van der Waals surface area contributed by atoms with Gasteiger partial charge in [0.1, 0.15) is 0 Å². The normalized spacial score (nSPS) is 25.6. The van der Waals surface area contributed by atoms with Crippen molar-refractivity contribution in [1.82, 2.24) is 15.1 Å². The molecule has 0 aliphatic carbocycles. The van der Waals surface area contributed by atoms with Crippen molar-refractivity contribution in [3.05, 3.63) is 0 Å². The molecule has 1 unspecified atom stereocenters. The number of nitrogens with one attached hydrogen (secondary N) is 1. The molecule has 1 heterocycles. The van der Waals surface area contributed by atoms with Crippen molar-refractivity contribution in [3.63, 3.8) is 0 Å². The second kappa shape index (κ2) is 5.62. The highest BCUT2D eigenvalue weighted by Crippen LogP contribution is 2.18.